The monoisotopic (exact) mass is 860 g/mol. The van der Waals surface area contributed by atoms with Crippen molar-refractivity contribution in [1.29, 1.82) is 0 Å². The minimum atomic E-state index is 0.630. The predicted octanol–water partition coefficient (Wildman–Crippen LogP) is 16.7. The van der Waals surface area contributed by atoms with E-state index in [4.69, 9.17) is 11.3 Å². The summed E-state index contributed by atoms with van der Waals surface area (Å²) in [7, 11) is 1.71. The highest BCUT2D eigenvalue weighted by molar-refractivity contribution is 7.26. The Morgan fingerprint density at radius 2 is 0.970 bits per heavy atom. The van der Waals surface area contributed by atoms with Gasteiger partial charge in [0.25, 0.3) is 0 Å². The van der Waals surface area contributed by atoms with Crippen LogP contribution in [-0.4, -0.2) is 20.8 Å². The molecule has 4 aromatic heterocycles. The lowest BCUT2D eigenvalue weighted by Gasteiger charge is -2.12. The van der Waals surface area contributed by atoms with E-state index in [1.807, 2.05) is 35.6 Å². The van der Waals surface area contributed by atoms with E-state index in [0.29, 0.717) is 5.69 Å². The normalized spacial score (nSPS) is 12.0. The number of methoxy groups -OCH3 is 1. The number of thiophene rings is 1. The van der Waals surface area contributed by atoms with Crippen molar-refractivity contribution in [3.8, 4) is 33.9 Å². The third-order valence-corrected chi connectivity index (χ3v) is 14.9. The molecule has 0 fully saturated rings. The average molecular weight is 861 g/mol. The minimum Gasteiger partial charge on any atom is -0.497 e. The van der Waals surface area contributed by atoms with Gasteiger partial charge in [-0.3, -0.25) is 0 Å². The Hall–Kier alpha value is -8.63. The largest absolute Gasteiger partial charge is 0.497 e. The number of fused-ring (bicyclic) bond motifs is 14. The van der Waals surface area contributed by atoms with Crippen LogP contribution in [0.1, 0.15) is 0 Å². The van der Waals surface area contributed by atoms with Crippen LogP contribution in [0, 0.1) is 6.57 Å². The molecule has 6 heteroatoms. The van der Waals surface area contributed by atoms with Gasteiger partial charge in [0.2, 0.25) is 0 Å². The van der Waals surface area contributed by atoms with Gasteiger partial charge in [-0.05, 0) is 119 Å². The first kappa shape index (κ1) is 36.8. The Kier molecular flexibility index (Phi) is 7.77. The molecule has 10 aromatic carbocycles. The van der Waals surface area contributed by atoms with Crippen LogP contribution >= 0.6 is 11.3 Å². The van der Waals surface area contributed by atoms with Crippen LogP contribution in [0.3, 0.4) is 0 Å². The van der Waals surface area contributed by atoms with Gasteiger partial charge < -0.3 is 18.4 Å². The fraction of sp³-hybridized carbons (Fsp3) is 0.0167. The molecule has 0 bridgehead atoms. The van der Waals surface area contributed by atoms with Crippen molar-refractivity contribution in [2.45, 2.75) is 0 Å². The number of nitrogens with zero attached hydrogens (tertiary/aromatic N) is 4. The number of hydrogen-bond acceptors (Lipinski definition) is 2. The first-order valence-electron chi connectivity index (χ1n) is 22.1. The van der Waals surface area contributed by atoms with Crippen molar-refractivity contribution in [3.05, 3.63) is 212 Å². The van der Waals surface area contributed by atoms with Crippen molar-refractivity contribution in [2.24, 2.45) is 0 Å². The molecule has 4 heterocycles. The second kappa shape index (κ2) is 13.9. The van der Waals surface area contributed by atoms with E-state index in [9.17, 15) is 0 Å². The van der Waals surface area contributed by atoms with Gasteiger partial charge in [0.15, 0.2) is 5.69 Å². The van der Waals surface area contributed by atoms with Gasteiger partial charge in [-0.2, -0.15) is 0 Å². The van der Waals surface area contributed by atoms with E-state index < -0.39 is 0 Å². The molecule has 0 N–H and O–H groups in total. The highest BCUT2D eigenvalue weighted by Crippen LogP contribution is 2.49. The SMILES string of the molecule is [C-]#[N+]c1ccc(-n2c3ccccc3c3cc(-c4ccc5c(c4)c4cc(-n6c7ccccc7c7ccccc76)ccc4n5-c4ccc(OC)cc4)c4sc5cc6ccccc6cc5c4c32)cc1. The minimum absolute atomic E-state index is 0.630. The summed E-state index contributed by atoms with van der Waals surface area (Å²) in [4.78, 5) is 3.72. The predicted molar refractivity (Wildman–Crippen MR) is 278 cm³/mol. The number of aromatic nitrogens is 3. The van der Waals surface area contributed by atoms with Crippen molar-refractivity contribution in [3.63, 3.8) is 0 Å². The quantitative estimate of drug-likeness (QED) is 0.159. The molecule has 14 aromatic rings. The Morgan fingerprint density at radius 3 is 1.65 bits per heavy atom. The van der Waals surface area contributed by atoms with Crippen molar-refractivity contribution in [2.75, 3.05) is 7.11 Å². The van der Waals surface area contributed by atoms with E-state index in [1.54, 1.807) is 7.11 Å². The molecule has 0 unspecified atom stereocenters. The lowest BCUT2D eigenvalue weighted by molar-refractivity contribution is 0.415. The summed E-state index contributed by atoms with van der Waals surface area (Å²) in [5.74, 6) is 0.827. The maximum Gasteiger partial charge on any atom is 0.187 e. The van der Waals surface area contributed by atoms with Gasteiger partial charge in [0.05, 0.1) is 46.8 Å². The van der Waals surface area contributed by atoms with E-state index in [0.717, 1.165) is 39.4 Å². The fourth-order valence-electron chi connectivity index (χ4n) is 10.8. The molecule has 0 amide bonds. The molecule has 0 aliphatic carbocycles. The first-order chi connectivity index (χ1) is 32.6. The molecular weight excluding hydrogens is 825 g/mol. The van der Waals surface area contributed by atoms with E-state index >= 15 is 0 Å². The van der Waals surface area contributed by atoms with Gasteiger partial charge in [0.1, 0.15) is 5.75 Å². The van der Waals surface area contributed by atoms with Gasteiger partial charge >= 0.3 is 0 Å². The summed E-state index contributed by atoms with van der Waals surface area (Å²) >= 11 is 1.88. The molecule has 0 saturated carbocycles. The zero-order valence-electron chi connectivity index (χ0n) is 35.7. The maximum atomic E-state index is 7.67. The topological polar surface area (TPSA) is 28.4 Å². The highest BCUT2D eigenvalue weighted by atomic mass is 32.1. The zero-order chi connectivity index (χ0) is 43.6. The third-order valence-electron chi connectivity index (χ3n) is 13.7. The number of ether oxygens (including phenoxy) is 1. The molecule has 14 rings (SSSR count). The van der Waals surface area contributed by atoms with E-state index in [-0.39, 0.29) is 0 Å². The van der Waals surface area contributed by atoms with Crippen LogP contribution in [0.4, 0.5) is 5.69 Å². The molecule has 66 heavy (non-hydrogen) atoms. The summed E-state index contributed by atoms with van der Waals surface area (Å²) < 4.78 is 15.3. The molecule has 0 aliphatic heterocycles. The van der Waals surface area contributed by atoms with Crippen LogP contribution < -0.4 is 4.74 Å². The maximum absolute atomic E-state index is 7.67. The molecule has 308 valence electrons. The first-order valence-corrected chi connectivity index (χ1v) is 23.0. The second-order valence-electron chi connectivity index (χ2n) is 17.1. The number of para-hydroxylation sites is 3. The third kappa shape index (κ3) is 5.20. The summed E-state index contributed by atoms with van der Waals surface area (Å²) in [5.41, 5.74) is 13.2. The van der Waals surface area contributed by atoms with Crippen molar-refractivity contribution >= 4 is 113 Å². The molecular formula is C60H36N4OS. The van der Waals surface area contributed by atoms with Gasteiger partial charge in [-0.25, -0.2) is 4.85 Å². The Balaban J connectivity index is 1.09. The van der Waals surface area contributed by atoms with Gasteiger partial charge in [-0.15, -0.1) is 11.3 Å². The van der Waals surface area contributed by atoms with Crippen LogP contribution in [0.25, 0.3) is 129 Å². The smallest absolute Gasteiger partial charge is 0.187 e. The lowest BCUT2D eigenvalue weighted by atomic mass is 9.97. The molecule has 0 spiro atoms. The highest BCUT2D eigenvalue weighted by Gasteiger charge is 2.23. The standard InChI is InChI=1S/C60H36N4OS/c1-61-39-20-22-41(23-21-39)64-54-18-10-7-15-46(54)50-35-47(60-58(59(50)64)51-31-36-11-3-4-12-37(36)33-57(51)66-60)38-19-29-55-48(32-38)49-34-42(26-30-56(49)62(55)40-24-27-43(65-2)28-25-40)63-52-16-8-5-13-44(52)45-14-6-9-17-53(45)63/h3-35H,2H3. The summed E-state index contributed by atoms with van der Waals surface area (Å²) in [6.45, 7) is 7.67. The molecule has 5 nitrogen and oxygen atoms in total. The Morgan fingerprint density at radius 1 is 0.439 bits per heavy atom. The van der Waals surface area contributed by atoms with Crippen LogP contribution in [0.2, 0.25) is 0 Å². The van der Waals surface area contributed by atoms with Crippen molar-refractivity contribution in [1.82, 2.24) is 13.7 Å². The lowest BCUT2D eigenvalue weighted by Crippen LogP contribution is -1.96. The van der Waals surface area contributed by atoms with Crippen LogP contribution in [0.15, 0.2) is 200 Å². The number of hydrogen-bond donors (Lipinski definition) is 0. The molecule has 0 atom stereocenters. The van der Waals surface area contributed by atoms with Gasteiger partial charge in [-0.1, -0.05) is 97.1 Å². The Bertz CT molecular complexity index is 4330. The zero-order valence-corrected chi connectivity index (χ0v) is 36.5. The average Bonchev–Trinajstić information content (AvgIpc) is 4.11. The Labute approximate surface area is 382 Å². The van der Waals surface area contributed by atoms with E-state index in [2.05, 4.69) is 194 Å². The summed E-state index contributed by atoms with van der Waals surface area (Å²) in [6.07, 6.45) is 0. The number of benzene rings is 10. The van der Waals surface area contributed by atoms with Gasteiger partial charge in [0, 0.05) is 75.1 Å². The van der Waals surface area contributed by atoms with Crippen LogP contribution in [-0.2, 0) is 0 Å². The van der Waals surface area contributed by atoms with Crippen LogP contribution in [0.5, 0.6) is 5.75 Å². The molecule has 0 aliphatic rings. The summed E-state index contributed by atoms with van der Waals surface area (Å²) in [5, 5.41) is 12.2. The molecule has 0 saturated heterocycles. The fourth-order valence-corrected chi connectivity index (χ4v) is 12.0. The van der Waals surface area contributed by atoms with E-state index in [1.165, 1.54) is 90.9 Å². The number of rotatable bonds is 5. The summed E-state index contributed by atoms with van der Waals surface area (Å²) in [6, 6.07) is 72.5. The molecule has 0 radical (unpaired) electrons. The second-order valence-corrected chi connectivity index (χ2v) is 18.2. The van der Waals surface area contributed by atoms with Crippen molar-refractivity contribution < 1.29 is 4.74 Å².